The SMILES string of the molecule is CC(CN(C)S(=O)(=O)c1ccc(C(F)(F)F)cc1F)C(=O)O. The standard InChI is InChI=1S/C12H13F4NO4S/c1-7(11(18)19)6-17(2)22(20,21)10-4-3-8(5-9(10)13)12(14,15)16/h3-5,7H,6H2,1-2H3,(H,18,19). The van der Waals surface area contributed by atoms with Gasteiger partial charge in [-0.25, -0.2) is 12.8 Å². The van der Waals surface area contributed by atoms with Crippen molar-refractivity contribution in [3.63, 3.8) is 0 Å². The van der Waals surface area contributed by atoms with E-state index in [9.17, 15) is 30.8 Å². The van der Waals surface area contributed by atoms with Gasteiger partial charge in [0, 0.05) is 13.6 Å². The van der Waals surface area contributed by atoms with Crippen LogP contribution in [-0.2, 0) is 21.0 Å². The summed E-state index contributed by atoms with van der Waals surface area (Å²) < 4.78 is 75.7. The van der Waals surface area contributed by atoms with E-state index in [2.05, 4.69) is 0 Å². The van der Waals surface area contributed by atoms with E-state index in [1.807, 2.05) is 0 Å². The Bertz CT molecular complexity index is 672. The number of carbonyl (C=O) groups is 1. The first-order chi connectivity index (χ1) is 9.87. The van der Waals surface area contributed by atoms with Crippen LogP contribution >= 0.6 is 0 Å². The van der Waals surface area contributed by atoms with Gasteiger partial charge in [0.1, 0.15) is 10.7 Å². The van der Waals surface area contributed by atoms with Crippen LogP contribution in [0, 0.1) is 11.7 Å². The summed E-state index contributed by atoms with van der Waals surface area (Å²) in [5, 5.41) is 8.73. The van der Waals surface area contributed by atoms with Crippen molar-refractivity contribution >= 4 is 16.0 Å². The molecule has 1 unspecified atom stereocenters. The highest BCUT2D eigenvalue weighted by Crippen LogP contribution is 2.31. The van der Waals surface area contributed by atoms with E-state index in [0.29, 0.717) is 16.4 Å². The highest BCUT2D eigenvalue weighted by atomic mass is 32.2. The number of aliphatic carboxylic acids is 1. The first-order valence-electron chi connectivity index (χ1n) is 5.93. The lowest BCUT2D eigenvalue weighted by atomic mass is 10.2. The van der Waals surface area contributed by atoms with Gasteiger partial charge in [-0.1, -0.05) is 6.92 Å². The number of rotatable bonds is 5. The molecule has 0 fully saturated rings. The maximum absolute atomic E-state index is 13.7. The van der Waals surface area contributed by atoms with Crippen LogP contribution in [0.15, 0.2) is 23.1 Å². The molecule has 0 aliphatic heterocycles. The predicted octanol–water partition coefficient (Wildman–Crippen LogP) is 2.19. The predicted molar refractivity (Wildman–Crippen MR) is 68.0 cm³/mol. The van der Waals surface area contributed by atoms with Crippen molar-refractivity contribution in [1.82, 2.24) is 4.31 Å². The molecule has 0 aliphatic rings. The van der Waals surface area contributed by atoms with Crippen LogP contribution in [0.5, 0.6) is 0 Å². The highest BCUT2D eigenvalue weighted by molar-refractivity contribution is 7.89. The zero-order valence-corrected chi connectivity index (χ0v) is 12.4. The van der Waals surface area contributed by atoms with E-state index in [1.54, 1.807) is 0 Å². The molecule has 124 valence electrons. The van der Waals surface area contributed by atoms with Crippen molar-refractivity contribution in [2.45, 2.75) is 18.0 Å². The number of alkyl halides is 3. The number of sulfonamides is 1. The third kappa shape index (κ3) is 3.95. The Labute approximate surface area is 124 Å². The number of carboxylic acid groups (broad SMARTS) is 1. The van der Waals surface area contributed by atoms with Gasteiger partial charge in [0.2, 0.25) is 10.0 Å². The lowest BCUT2D eigenvalue weighted by Crippen LogP contribution is -2.34. The van der Waals surface area contributed by atoms with Crippen molar-refractivity contribution < 1.29 is 35.9 Å². The minimum Gasteiger partial charge on any atom is -0.481 e. The van der Waals surface area contributed by atoms with Gasteiger partial charge in [0.25, 0.3) is 0 Å². The monoisotopic (exact) mass is 343 g/mol. The first kappa shape index (κ1) is 18.4. The summed E-state index contributed by atoms with van der Waals surface area (Å²) in [7, 11) is -3.41. The Balaban J connectivity index is 3.16. The van der Waals surface area contributed by atoms with E-state index < -0.39 is 50.9 Å². The second-order valence-electron chi connectivity index (χ2n) is 4.67. The molecule has 1 N–H and O–H groups in total. The number of halogens is 4. The van der Waals surface area contributed by atoms with Gasteiger partial charge in [0.15, 0.2) is 0 Å². The zero-order chi connectivity index (χ0) is 17.3. The molecule has 1 atom stereocenters. The number of carboxylic acids is 1. The van der Waals surface area contributed by atoms with Crippen molar-refractivity contribution in [3.8, 4) is 0 Å². The average molecular weight is 343 g/mol. The maximum Gasteiger partial charge on any atom is 0.416 e. The second kappa shape index (κ2) is 6.21. The summed E-state index contributed by atoms with van der Waals surface area (Å²) in [6.07, 6.45) is -4.80. The van der Waals surface area contributed by atoms with Crippen LogP contribution in [0.2, 0.25) is 0 Å². The van der Waals surface area contributed by atoms with Gasteiger partial charge in [-0.2, -0.15) is 17.5 Å². The quantitative estimate of drug-likeness (QED) is 0.832. The molecule has 0 saturated carbocycles. The third-order valence-corrected chi connectivity index (χ3v) is 4.76. The van der Waals surface area contributed by atoms with E-state index in [0.717, 1.165) is 7.05 Å². The molecule has 10 heteroatoms. The highest BCUT2D eigenvalue weighted by Gasteiger charge is 2.33. The third-order valence-electron chi connectivity index (χ3n) is 2.90. The molecule has 0 spiro atoms. The van der Waals surface area contributed by atoms with Gasteiger partial charge in [-0.3, -0.25) is 4.79 Å². The summed E-state index contributed by atoms with van der Waals surface area (Å²) in [5.41, 5.74) is -1.31. The van der Waals surface area contributed by atoms with Crippen molar-refractivity contribution in [2.75, 3.05) is 13.6 Å². The minimum atomic E-state index is -4.80. The van der Waals surface area contributed by atoms with E-state index in [-0.39, 0.29) is 6.07 Å². The lowest BCUT2D eigenvalue weighted by Gasteiger charge is -2.20. The first-order valence-corrected chi connectivity index (χ1v) is 7.37. The molecule has 1 aromatic rings. The average Bonchev–Trinajstić information content (AvgIpc) is 2.36. The molecule has 1 rings (SSSR count). The largest absolute Gasteiger partial charge is 0.481 e. The summed E-state index contributed by atoms with van der Waals surface area (Å²) in [6, 6.07) is 1.04. The van der Waals surface area contributed by atoms with Gasteiger partial charge in [-0.15, -0.1) is 0 Å². The van der Waals surface area contributed by atoms with Crippen LogP contribution in [0.3, 0.4) is 0 Å². The summed E-state index contributed by atoms with van der Waals surface area (Å²) in [5.74, 6) is -3.86. The molecular weight excluding hydrogens is 330 g/mol. The van der Waals surface area contributed by atoms with Crippen LogP contribution < -0.4 is 0 Å². The lowest BCUT2D eigenvalue weighted by molar-refractivity contribution is -0.141. The van der Waals surface area contributed by atoms with Crippen molar-refractivity contribution in [3.05, 3.63) is 29.6 Å². The Kier molecular flexibility index (Phi) is 5.18. The van der Waals surface area contributed by atoms with Gasteiger partial charge >= 0.3 is 12.1 Å². The summed E-state index contributed by atoms with van der Waals surface area (Å²) in [4.78, 5) is 9.76. The molecule has 22 heavy (non-hydrogen) atoms. The Morgan fingerprint density at radius 1 is 1.36 bits per heavy atom. The van der Waals surface area contributed by atoms with Crippen LogP contribution in [-0.4, -0.2) is 37.4 Å². The molecule has 0 bridgehead atoms. The minimum absolute atomic E-state index is 0.0847. The van der Waals surface area contributed by atoms with Gasteiger partial charge in [0.05, 0.1) is 11.5 Å². The van der Waals surface area contributed by atoms with E-state index in [4.69, 9.17) is 5.11 Å². The molecular formula is C12H13F4NO4S. The van der Waals surface area contributed by atoms with Gasteiger partial charge < -0.3 is 5.11 Å². The van der Waals surface area contributed by atoms with Crippen LogP contribution in [0.1, 0.15) is 12.5 Å². The van der Waals surface area contributed by atoms with Gasteiger partial charge in [-0.05, 0) is 18.2 Å². The molecule has 0 amide bonds. The Morgan fingerprint density at radius 2 is 1.91 bits per heavy atom. The van der Waals surface area contributed by atoms with E-state index in [1.165, 1.54) is 6.92 Å². The molecule has 0 saturated heterocycles. The van der Waals surface area contributed by atoms with Crippen LogP contribution in [0.25, 0.3) is 0 Å². The molecule has 5 nitrogen and oxygen atoms in total. The summed E-state index contributed by atoms with van der Waals surface area (Å²) >= 11 is 0. The Morgan fingerprint density at radius 3 is 2.32 bits per heavy atom. The van der Waals surface area contributed by atoms with Crippen LogP contribution in [0.4, 0.5) is 17.6 Å². The molecule has 0 heterocycles. The number of nitrogens with zero attached hydrogens (tertiary/aromatic N) is 1. The normalized spacial score (nSPS) is 14.1. The second-order valence-corrected chi connectivity index (χ2v) is 6.68. The maximum atomic E-state index is 13.7. The van der Waals surface area contributed by atoms with Crippen molar-refractivity contribution in [1.29, 1.82) is 0 Å². The number of benzene rings is 1. The fraction of sp³-hybridized carbons (Fsp3) is 0.417. The number of hydrogen-bond acceptors (Lipinski definition) is 3. The van der Waals surface area contributed by atoms with Crippen molar-refractivity contribution in [2.24, 2.45) is 5.92 Å². The fourth-order valence-electron chi connectivity index (χ4n) is 1.62. The molecule has 0 aliphatic carbocycles. The topological polar surface area (TPSA) is 74.7 Å². The van der Waals surface area contributed by atoms with E-state index >= 15 is 0 Å². The fourth-order valence-corrected chi connectivity index (χ4v) is 2.92. The smallest absolute Gasteiger partial charge is 0.416 e. The molecule has 1 aromatic carbocycles. The molecule has 0 aromatic heterocycles. The zero-order valence-electron chi connectivity index (χ0n) is 11.6. The molecule has 0 radical (unpaired) electrons. The number of hydrogen-bond donors (Lipinski definition) is 1. The summed E-state index contributed by atoms with van der Waals surface area (Å²) in [6.45, 7) is 0.801. The Hall–Kier alpha value is -1.68.